The predicted molar refractivity (Wildman–Crippen MR) is 120 cm³/mol. The second kappa shape index (κ2) is 8.23. The Hall–Kier alpha value is -2.90. The lowest BCUT2D eigenvalue weighted by atomic mass is 10.1. The predicted octanol–water partition coefficient (Wildman–Crippen LogP) is 4.92. The Morgan fingerprint density at radius 2 is 2.10 bits per heavy atom. The molecule has 0 saturated heterocycles. The summed E-state index contributed by atoms with van der Waals surface area (Å²) < 4.78 is 1.59. The molecule has 4 rings (SSSR count). The van der Waals surface area contributed by atoms with Crippen molar-refractivity contribution in [3.05, 3.63) is 82.2 Å². The number of nitrogens with zero attached hydrogens (tertiary/aromatic N) is 2. The quantitative estimate of drug-likeness (QED) is 0.199. The minimum Gasteiger partial charge on any atom is -0.359 e. The van der Waals surface area contributed by atoms with Crippen LogP contribution in [-0.2, 0) is 6.54 Å². The van der Waals surface area contributed by atoms with E-state index in [4.69, 9.17) is 4.98 Å². The molecule has 146 valence electrons. The number of aromatic amines is 1. The van der Waals surface area contributed by atoms with E-state index in [0.717, 1.165) is 11.1 Å². The van der Waals surface area contributed by atoms with E-state index in [2.05, 4.69) is 11.6 Å². The molecule has 0 fully saturated rings. The Bertz CT molecular complexity index is 1240. The number of Topliss-reactive ketones (excluding diaryl/α,β-unsaturated/α-hetero) is 1. The SMILES string of the molecule is C=CCn1c(SCC(=O)c2ccc[nH]2)nc2scc(-c3ccc(C)cc3)c2c1=O. The standard InChI is InChI=1S/C22H19N3O2S2/c1-3-11-25-21(27)19-16(15-8-6-14(2)7-9-15)12-28-20(19)24-22(25)29-13-18(26)17-5-4-10-23-17/h3-10,12,23H,1,11,13H2,2H3. The molecular weight excluding hydrogens is 402 g/mol. The lowest BCUT2D eigenvalue weighted by Gasteiger charge is -2.10. The third-order valence-corrected chi connectivity index (χ3v) is 6.41. The van der Waals surface area contributed by atoms with Gasteiger partial charge >= 0.3 is 0 Å². The molecule has 3 aromatic heterocycles. The van der Waals surface area contributed by atoms with E-state index in [1.54, 1.807) is 29.0 Å². The smallest absolute Gasteiger partial charge is 0.263 e. The molecule has 4 aromatic rings. The van der Waals surface area contributed by atoms with E-state index in [9.17, 15) is 9.59 Å². The van der Waals surface area contributed by atoms with E-state index in [1.807, 2.05) is 36.6 Å². The van der Waals surface area contributed by atoms with Gasteiger partial charge in [0.2, 0.25) is 0 Å². The average molecular weight is 422 g/mol. The Balaban J connectivity index is 1.75. The van der Waals surface area contributed by atoms with Crippen LogP contribution < -0.4 is 5.56 Å². The van der Waals surface area contributed by atoms with Crippen molar-refractivity contribution >= 4 is 39.1 Å². The zero-order valence-corrected chi connectivity index (χ0v) is 17.5. The fraction of sp³-hybridized carbons (Fsp3) is 0.136. The highest BCUT2D eigenvalue weighted by Crippen LogP contribution is 2.32. The third kappa shape index (κ3) is 3.83. The number of hydrogen-bond acceptors (Lipinski definition) is 5. The third-order valence-electron chi connectivity index (χ3n) is 4.56. The van der Waals surface area contributed by atoms with E-state index in [0.29, 0.717) is 27.6 Å². The molecule has 0 amide bonds. The first-order chi connectivity index (χ1) is 14.1. The van der Waals surface area contributed by atoms with Gasteiger partial charge in [0.1, 0.15) is 4.83 Å². The molecule has 5 nitrogen and oxygen atoms in total. The number of carbonyl (C=O) groups excluding carboxylic acids is 1. The van der Waals surface area contributed by atoms with Gasteiger partial charge in [-0.2, -0.15) is 0 Å². The fourth-order valence-corrected chi connectivity index (χ4v) is 4.94. The van der Waals surface area contributed by atoms with Crippen LogP contribution in [0.15, 0.2) is 70.6 Å². The van der Waals surface area contributed by atoms with Gasteiger partial charge in [-0.15, -0.1) is 17.9 Å². The summed E-state index contributed by atoms with van der Waals surface area (Å²) >= 11 is 2.72. The van der Waals surface area contributed by atoms with Crippen molar-refractivity contribution in [3.63, 3.8) is 0 Å². The molecule has 0 aliphatic carbocycles. The number of nitrogens with one attached hydrogen (secondary N) is 1. The minimum absolute atomic E-state index is 0.0361. The van der Waals surface area contributed by atoms with Crippen LogP contribution in [0, 0.1) is 6.92 Å². The molecule has 0 spiro atoms. The van der Waals surface area contributed by atoms with Crippen LogP contribution in [0.1, 0.15) is 16.1 Å². The monoisotopic (exact) mass is 421 g/mol. The molecule has 1 aromatic carbocycles. The van der Waals surface area contributed by atoms with Gasteiger partial charge in [-0.1, -0.05) is 47.7 Å². The summed E-state index contributed by atoms with van der Waals surface area (Å²) in [5.41, 5.74) is 3.49. The van der Waals surface area contributed by atoms with Gasteiger partial charge in [-0.3, -0.25) is 14.2 Å². The maximum atomic E-state index is 13.3. The number of H-pyrrole nitrogens is 1. The number of ketones is 1. The molecule has 0 bridgehead atoms. The van der Waals surface area contributed by atoms with E-state index in [1.165, 1.54) is 28.7 Å². The zero-order valence-electron chi connectivity index (χ0n) is 15.8. The maximum Gasteiger partial charge on any atom is 0.263 e. The van der Waals surface area contributed by atoms with Gasteiger partial charge in [-0.25, -0.2) is 4.98 Å². The minimum atomic E-state index is -0.110. The number of rotatable bonds is 7. The molecular formula is C22H19N3O2S2. The van der Waals surface area contributed by atoms with Gasteiger partial charge < -0.3 is 4.98 Å². The number of aromatic nitrogens is 3. The molecule has 0 saturated carbocycles. The number of thioether (sulfide) groups is 1. The summed E-state index contributed by atoms with van der Waals surface area (Å²) in [4.78, 5) is 33.9. The first kappa shape index (κ1) is 19.4. The lowest BCUT2D eigenvalue weighted by molar-refractivity contribution is 0.101. The van der Waals surface area contributed by atoms with Crippen molar-refractivity contribution in [1.82, 2.24) is 14.5 Å². The van der Waals surface area contributed by atoms with E-state index < -0.39 is 0 Å². The van der Waals surface area contributed by atoms with Crippen LogP contribution >= 0.6 is 23.1 Å². The van der Waals surface area contributed by atoms with Gasteiger partial charge in [0, 0.05) is 23.7 Å². The topological polar surface area (TPSA) is 67.8 Å². The van der Waals surface area contributed by atoms with Crippen molar-refractivity contribution < 1.29 is 4.79 Å². The molecule has 3 heterocycles. The van der Waals surface area contributed by atoms with Crippen molar-refractivity contribution in [2.24, 2.45) is 0 Å². The molecule has 0 aliphatic rings. The first-order valence-electron chi connectivity index (χ1n) is 9.08. The molecule has 1 N–H and O–H groups in total. The largest absolute Gasteiger partial charge is 0.359 e. The summed E-state index contributed by atoms with van der Waals surface area (Å²) in [5.74, 6) is 0.164. The highest BCUT2D eigenvalue weighted by atomic mass is 32.2. The lowest BCUT2D eigenvalue weighted by Crippen LogP contribution is -2.23. The fourth-order valence-electron chi connectivity index (χ4n) is 3.06. The number of carbonyl (C=O) groups is 1. The maximum absolute atomic E-state index is 13.3. The molecule has 29 heavy (non-hydrogen) atoms. The summed E-state index contributed by atoms with van der Waals surface area (Å²) in [7, 11) is 0. The molecule has 7 heteroatoms. The van der Waals surface area contributed by atoms with Crippen LogP contribution in [0.5, 0.6) is 0 Å². The second-order valence-corrected chi connectivity index (χ2v) is 8.39. The Morgan fingerprint density at radius 3 is 2.79 bits per heavy atom. The van der Waals surface area contributed by atoms with E-state index >= 15 is 0 Å². The normalized spacial score (nSPS) is 11.1. The van der Waals surface area contributed by atoms with Gasteiger partial charge in [0.05, 0.1) is 16.8 Å². The highest BCUT2D eigenvalue weighted by molar-refractivity contribution is 7.99. The Kier molecular flexibility index (Phi) is 5.51. The van der Waals surface area contributed by atoms with Crippen LogP contribution in [0.4, 0.5) is 0 Å². The van der Waals surface area contributed by atoms with Crippen molar-refractivity contribution in [2.45, 2.75) is 18.6 Å². The summed E-state index contributed by atoms with van der Waals surface area (Å²) in [6.45, 7) is 6.14. The average Bonchev–Trinajstić information content (AvgIpc) is 3.39. The Morgan fingerprint density at radius 1 is 1.31 bits per heavy atom. The van der Waals surface area contributed by atoms with Crippen molar-refractivity contribution in [3.8, 4) is 11.1 Å². The number of allylic oxidation sites excluding steroid dienone is 1. The summed E-state index contributed by atoms with van der Waals surface area (Å²) in [6, 6.07) is 11.6. The van der Waals surface area contributed by atoms with Gasteiger partial charge in [-0.05, 0) is 24.6 Å². The zero-order chi connectivity index (χ0) is 20.4. The molecule has 0 aliphatic heterocycles. The van der Waals surface area contributed by atoms with Crippen LogP contribution in [0.25, 0.3) is 21.3 Å². The first-order valence-corrected chi connectivity index (χ1v) is 10.9. The van der Waals surface area contributed by atoms with Crippen LogP contribution in [0.3, 0.4) is 0 Å². The van der Waals surface area contributed by atoms with Crippen molar-refractivity contribution in [1.29, 1.82) is 0 Å². The number of fused-ring (bicyclic) bond motifs is 1. The summed E-state index contributed by atoms with van der Waals surface area (Å²) in [5, 5.41) is 3.11. The molecule has 0 atom stereocenters. The highest BCUT2D eigenvalue weighted by Gasteiger charge is 2.18. The molecule has 0 unspecified atom stereocenters. The van der Waals surface area contributed by atoms with Gasteiger partial charge in [0.25, 0.3) is 5.56 Å². The molecule has 0 radical (unpaired) electrons. The van der Waals surface area contributed by atoms with Crippen LogP contribution in [0.2, 0.25) is 0 Å². The van der Waals surface area contributed by atoms with Crippen molar-refractivity contribution in [2.75, 3.05) is 5.75 Å². The number of benzene rings is 1. The number of hydrogen-bond donors (Lipinski definition) is 1. The second-order valence-electron chi connectivity index (χ2n) is 6.59. The number of thiophene rings is 1. The van der Waals surface area contributed by atoms with Crippen LogP contribution in [-0.4, -0.2) is 26.1 Å². The van der Waals surface area contributed by atoms with Gasteiger partial charge in [0.15, 0.2) is 10.9 Å². The Labute approximate surface area is 176 Å². The number of aryl methyl sites for hydroxylation is 1. The van der Waals surface area contributed by atoms with E-state index in [-0.39, 0.29) is 17.1 Å². The summed E-state index contributed by atoms with van der Waals surface area (Å²) in [6.07, 6.45) is 3.39.